The smallest absolute Gasteiger partial charge is 0.308 e. The lowest BCUT2D eigenvalue weighted by Gasteiger charge is -2.19. The van der Waals surface area contributed by atoms with Gasteiger partial charge in [-0.25, -0.2) is 0 Å². The highest BCUT2D eigenvalue weighted by Crippen LogP contribution is 2.31. The molecule has 70 valence electrons. The molecule has 1 aliphatic heterocycles. The Bertz CT molecular complexity index is 174. The summed E-state index contributed by atoms with van der Waals surface area (Å²) in [6.45, 7) is 4.94. The first-order chi connectivity index (χ1) is 5.66. The number of carboxylic acid groups (broad SMARTS) is 1. The van der Waals surface area contributed by atoms with Gasteiger partial charge in [0, 0.05) is 17.0 Å². The molecule has 3 atom stereocenters. The molecule has 0 saturated carbocycles. The molecule has 0 aromatic carbocycles. The average Bonchev–Trinajstić information content (AvgIpc) is 2.34. The summed E-state index contributed by atoms with van der Waals surface area (Å²) in [6, 6.07) is 0.150. The average molecular weight is 189 g/mol. The predicted octanol–water partition coefficient (Wildman–Crippen LogP) is 0.801. The van der Waals surface area contributed by atoms with Gasteiger partial charge in [0.2, 0.25) is 0 Å². The van der Waals surface area contributed by atoms with Crippen molar-refractivity contribution < 1.29 is 9.90 Å². The summed E-state index contributed by atoms with van der Waals surface area (Å²) < 4.78 is 0. The zero-order valence-electron chi connectivity index (χ0n) is 7.41. The highest BCUT2D eigenvalue weighted by Gasteiger charge is 2.37. The van der Waals surface area contributed by atoms with Crippen molar-refractivity contribution in [2.24, 2.45) is 5.92 Å². The van der Waals surface area contributed by atoms with Gasteiger partial charge in [0.1, 0.15) is 0 Å². The molecule has 1 rings (SSSR count). The van der Waals surface area contributed by atoms with E-state index in [1.165, 1.54) is 0 Å². The quantitative estimate of drug-likeness (QED) is 0.689. The molecule has 0 bridgehead atoms. The van der Waals surface area contributed by atoms with Crippen LogP contribution in [0.1, 0.15) is 13.8 Å². The summed E-state index contributed by atoms with van der Waals surface area (Å²) in [6.07, 6.45) is 0. The molecule has 1 fully saturated rings. The summed E-state index contributed by atoms with van der Waals surface area (Å²) in [7, 11) is 0. The number of hydrogen-bond acceptors (Lipinski definition) is 3. The van der Waals surface area contributed by atoms with Crippen LogP contribution in [0, 0.1) is 5.92 Å². The first-order valence-electron chi connectivity index (χ1n) is 4.24. The molecular weight excluding hydrogens is 174 g/mol. The van der Waals surface area contributed by atoms with Gasteiger partial charge in [-0.05, 0) is 6.54 Å². The number of aliphatic carboxylic acids is 1. The third-order valence-electron chi connectivity index (χ3n) is 2.23. The van der Waals surface area contributed by atoms with E-state index in [4.69, 9.17) is 5.11 Å². The van der Waals surface area contributed by atoms with Crippen LogP contribution in [0.2, 0.25) is 0 Å². The van der Waals surface area contributed by atoms with Gasteiger partial charge in [0.15, 0.2) is 0 Å². The zero-order chi connectivity index (χ0) is 9.14. The van der Waals surface area contributed by atoms with E-state index >= 15 is 0 Å². The summed E-state index contributed by atoms with van der Waals surface area (Å²) in [4.78, 5) is 10.8. The number of carbonyl (C=O) groups is 1. The van der Waals surface area contributed by atoms with Gasteiger partial charge in [-0.15, -0.1) is 0 Å². The monoisotopic (exact) mass is 189 g/mol. The fraction of sp³-hybridized carbons (Fsp3) is 0.875. The molecule has 0 aromatic heterocycles. The first kappa shape index (κ1) is 9.86. The Morgan fingerprint density at radius 2 is 2.42 bits per heavy atom. The van der Waals surface area contributed by atoms with E-state index in [0.29, 0.717) is 5.25 Å². The zero-order valence-corrected chi connectivity index (χ0v) is 8.23. The second-order valence-electron chi connectivity index (χ2n) is 3.07. The second kappa shape index (κ2) is 4.14. The third-order valence-corrected chi connectivity index (χ3v) is 3.61. The first-order valence-corrected chi connectivity index (χ1v) is 5.29. The molecule has 4 heteroatoms. The second-order valence-corrected chi connectivity index (χ2v) is 4.48. The largest absolute Gasteiger partial charge is 0.481 e. The van der Waals surface area contributed by atoms with Gasteiger partial charge in [-0.3, -0.25) is 4.79 Å². The van der Waals surface area contributed by atoms with Crippen molar-refractivity contribution in [3.05, 3.63) is 0 Å². The van der Waals surface area contributed by atoms with Crippen LogP contribution in [0.15, 0.2) is 0 Å². The minimum atomic E-state index is -0.669. The molecule has 3 nitrogen and oxygen atoms in total. The molecule has 0 radical (unpaired) electrons. The van der Waals surface area contributed by atoms with E-state index in [9.17, 15) is 4.79 Å². The van der Waals surface area contributed by atoms with Crippen molar-refractivity contribution in [3.63, 3.8) is 0 Å². The maximum atomic E-state index is 10.8. The molecule has 2 N–H and O–H groups in total. The van der Waals surface area contributed by atoms with Crippen molar-refractivity contribution in [2.45, 2.75) is 25.1 Å². The summed E-state index contributed by atoms with van der Waals surface area (Å²) in [5.74, 6) is -0.128. The van der Waals surface area contributed by atoms with E-state index in [2.05, 4.69) is 12.2 Å². The van der Waals surface area contributed by atoms with Gasteiger partial charge in [0.05, 0.1) is 5.92 Å². The number of thioether (sulfide) groups is 1. The minimum absolute atomic E-state index is 0.150. The van der Waals surface area contributed by atoms with Crippen LogP contribution in [0.4, 0.5) is 0 Å². The van der Waals surface area contributed by atoms with Gasteiger partial charge >= 0.3 is 5.97 Å². The molecule has 0 aliphatic carbocycles. The number of hydrogen-bond donors (Lipinski definition) is 2. The highest BCUT2D eigenvalue weighted by atomic mass is 32.2. The molecule has 3 unspecified atom stereocenters. The molecule has 0 aromatic rings. The number of rotatable bonds is 3. The number of carboxylic acids is 1. The fourth-order valence-electron chi connectivity index (χ4n) is 1.56. The third kappa shape index (κ3) is 1.93. The molecule has 0 amide bonds. The maximum absolute atomic E-state index is 10.8. The molecule has 0 spiro atoms. The molecule has 12 heavy (non-hydrogen) atoms. The highest BCUT2D eigenvalue weighted by molar-refractivity contribution is 8.00. The summed E-state index contributed by atoms with van der Waals surface area (Å²) >= 11 is 1.74. The Balaban J connectivity index is 2.57. The van der Waals surface area contributed by atoms with Crippen molar-refractivity contribution in [3.8, 4) is 0 Å². The minimum Gasteiger partial charge on any atom is -0.481 e. The standard InChI is InChI=1S/C8H15NO2S/c1-3-9-7-5(2)12-4-6(7)8(10)11/h5-7,9H,3-4H2,1-2H3,(H,10,11). The van der Waals surface area contributed by atoms with Crippen LogP contribution in [0.5, 0.6) is 0 Å². The Labute approximate surface area is 76.9 Å². The molecule has 1 aliphatic rings. The predicted molar refractivity (Wildman–Crippen MR) is 50.5 cm³/mol. The Morgan fingerprint density at radius 3 is 2.92 bits per heavy atom. The van der Waals surface area contributed by atoms with Crippen molar-refractivity contribution in [2.75, 3.05) is 12.3 Å². The molecule has 1 heterocycles. The van der Waals surface area contributed by atoms with E-state index < -0.39 is 5.97 Å². The van der Waals surface area contributed by atoms with Crippen LogP contribution in [0.3, 0.4) is 0 Å². The SMILES string of the molecule is CCNC1C(C)SCC1C(=O)O. The van der Waals surface area contributed by atoms with Gasteiger partial charge in [-0.1, -0.05) is 13.8 Å². The fourth-order valence-corrected chi connectivity index (χ4v) is 2.91. The van der Waals surface area contributed by atoms with Crippen molar-refractivity contribution >= 4 is 17.7 Å². The molecular formula is C8H15NO2S. The summed E-state index contributed by atoms with van der Waals surface area (Å²) in [5, 5.41) is 12.5. The van der Waals surface area contributed by atoms with Crippen molar-refractivity contribution in [1.29, 1.82) is 0 Å². The van der Waals surface area contributed by atoms with Crippen molar-refractivity contribution in [1.82, 2.24) is 5.32 Å². The van der Waals surface area contributed by atoms with Crippen LogP contribution in [-0.4, -0.2) is 34.7 Å². The lowest BCUT2D eigenvalue weighted by Crippen LogP contribution is -2.42. The van der Waals surface area contributed by atoms with Crippen LogP contribution in [-0.2, 0) is 4.79 Å². The van der Waals surface area contributed by atoms with E-state index in [-0.39, 0.29) is 12.0 Å². The maximum Gasteiger partial charge on any atom is 0.308 e. The van der Waals surface area contributed by atoms with E-state index in [0.717, 1.165) is 12.3 Å². The lowest BCUT2D eigenvalue weighted by atomic mass is 10.00. The van der Waals surface area contributed by atoms with Gasteiger partial charge in [-0.2, -0.15) is 11.8 Å². The van der Waals surface area contributed by atoms with E-state index in [1.807, 2.05) is 6.92 Å². The Morgan fingerprint density at radius 1 is 1.75 bits per heavy atom. The van der Waals surface area contributed by atoms with Crippen LogP contribution >= 0.6 is 11.8 Å². The number of nitrogens with one attached hydrogen (secondary N) is 1. The van der Waals surface area contributed by atoms with Gasteiger partial charge in [0.25, 0.3) is 0 Å². The van der Waals surface area contributed by atoms with Gasteiger partial charge < -0.3 is 10.4 Å². The van der Waals surface area contributed by atoms with Crippen LogP contribution < -0.4 is 5.32 Å². The topological polar surface area (TPSA) is 49.3 Å². The normalized spacial score (nSPS) is 35.3. The van der Waals surface area contributed by atoms with E-state index in [1.54, 1.807) is 11.8 Å². The Hall–Kier alpha value is -0.220. The Kier molecular flexibility index (Phi) is 3.40. The lowest BCUT2D eigenvalue weighted by molar-refractivity contribution is -0.141. The summed E-state index contributed by atoms with van der Waals surface area (Å²) in [5.41, 5.74) is 0. The molecule has 1 saturated heterocycles. The van der Waals surface area contributed by atoms with Crippen LogP contribution in [0.25, 0.3) is 0 Å².